The fraction of sp³-hybridized carbons (Fsp3) is 0.0500. The van der Waals surface area contributed by atoms with Gasteiger partial charge in [0.25, 0.3) is 5.69 Å². The quantitative estimate of drug-likeness (QED) is 0.285. The van der Waals surface area contributed by atoms with Crippen LogP contribution in [0.3, 0.4) is 0 Å². The third kappa shape index (κ3) is 4.46. The second-order valence-electron chi connectivity index (χ2n) is 6.04. The molecule has 0 saturated carbocycles. The van der Waals surface area contributed by atoms with Crippen molar-refractivity contribution in [3.05, 3.63) is 98.0 Å². The molecule has 0 aliphatic rings. The first-order chi connectivity index (χ1) is 14.2. The lowest BCUT2D eigenvalue weighted by molar-refractivity contribution is -0.387. The number of hydrogen-bond donors (Lipinski definition) is 0. The Labute approximate surface area is 181 Å². The third-order valence-corrected chi connectivity index (χ3v) is 6.57. The van der Waals surface area contributed by atoms with Crippen LogP contribution in [0.4, 0.5) is 5.69 Å². The van der Waals surface area contributed by atoms with Crippen LogP contribution in [-0.4, -0.2) is 19.3 Å². The molecular weight excluding hydrogens is 453 g/mol. The molecular formula is C20H13Cl2NO6S. The summed E-state index contributed by atoms with van der Waals surface area (Å²) in [5, 5.41) is 12.0. The zero-order valence-electron chi connectivity index (χ0n) is 15.1. The number of hydrogen-bond acceptors (Lipinski definition) is 6. The van der Waals surface area contributed by atoms with Crippen molar-refractivity contribution in [3.63, 3.8) is 0 Å². The monoisotopic (exact) mass is 465 g/mol. The molecule has 3 aromatic rings. The lowest BCUT2D eigenvalue weighted by Crippen LogP contribution is -2.13. The number of nitro benzene ring substituents is 1. The Bertz CT molecular complexity index is 1240. The molecule has 0 aromatic heterocycles. The van der Waals surface area contributed by atoms with Gasteiger partial charge in [0.05, 0.1) is 15.4 Å². The number of halogens is 2. The summed E-state index contributed by atoms with van der Waals surface area (Å²) in [6.07, 6.45) is 0. The fourth-order valence-corrected chi connectivity index (χ4v) is 4.76. The number of para-hydroxylation sites is 1. The molecule has 0 bridgehead atoms. The van der Waals surface area contributed by atoms with Gasteiger partial charge >= 0.3 is 5.97 Å². The lowest BCUT2D eigenvalue weighted by atomic mass is 10.2. The van der Waals surface area contributed by atoms with Crippen LogP contribution in [0.5, 0.6) is 0 Å². The highest BCUT2D eigenvalue weighted by atomic mass is 35.5. The van der Waals surface area contributed by atoms with Crippen molar-refractivity contribution in [2.24, 2.45) is 0 Å². The zero-order valence-corrected chi connectivity index (χ0v) is 17.4. The molecule has 3 rings (SSSR count). The molecule has 0 atom stereocenters. The van der Waals surface area contributed by atoms with E-state index < -0.39 is 36.2 Å². The molecule has 0 radical (unpaired) electrons. The van der Waals surface area contributed by atoms with Gasteiger partial charge in [-0.05, 0) is 30.3 Å². The highest BCUT2D eigenvalue weighted by Crippen LogP contribution is 2.31. The van der Waals surface area contributed by atoms with Crippen LogP contribution in [0.25, 0.3) is 0 Å². The van der Waals surface area contributed by atoms with Gasteiger partial charge in [0, 0.05) is 21.7 Å². The molecule has 3 aromatic carbocycles. The van der Waals surface area contributed by atoms with Gasteiger partial charge in [-0.15, -0.1) is 0 Å². The Kier molecular flexibility index (Phi) is 6.40. The van der Waals surface area contributed by atoms with Crippen LogP contribution in [0.15, 0.2) is 76.5 Å². The van der Waals surface area contributed by atoms with Gasteiger partial charge in [-0.25, -0.2) is 13.2 Å². The van der Waals surface area contributed by atoms with Gasteiger partial charge in [0.15, 0.2) is 0 Å². The number of sulfone groups is 1. The van der Waals surface area contributed by atoms with Crippen molar-refractivity contribution in [3.8, 4) is 0 Å². The molecule has 0 aliphatic heterocycles. The van der Waals surface area contributed by atoms with Crippen molar-refractivity contribution in [1.29, 1.82) is 0 Å². The van der Waals surface area contributed by atoms with Crippen molar-refractivity contribution >= 4 is 44.7 Å². The molecule has 154 valence electrons. The summed E-state index contributed by atoms with van der Waals surface area (Å²) in [6, 6.07) is 14.9. The first-order valence-corrected chi connectivity index (χ1v) is 10.6. The highest BCUT2D eigenvalue weighted by molar-refractivity contribution is 7.91. The van der Waals surface area contributed by atoms with Crippen molar-refractivity contribution in [2.75, 3.05) is 0 Å². The van der Waals surface area contributed by atoms with E-state index in [2.05, 4.69) is 0 Å². The van der Waals surface area contributed by atoms with Crippen LogP contribution in [0.1, 0.15) is 15.9 Å². The zero-order chi connectivity index (χ0) is 21.9. The summed E-state index contributed by atoms with van der Waals surface area (Å²) in [4.78, 5) is 22.2. The molecule has 10 heteroatoms. The van der Waals surface area contributed by atoms with E-state index in [0.29, 0.717) is 10.6 Å². The summed E-state index contributed by atoms with van der Waals surface area (Å²) in [5.41, 5.74) is -0.359. The molecule has 7 nitrogen and oxygen atoms in total. The summed E-state index contributed by atoms with van der Waals surface area (Å²) in [7, 11) is -4.37. The average molecular weight is 466 g/mol. The first-order valence-electron chi connectivity index (χ1n) is 8.40. The Morgan fingerprint density at radius 1 is 0.967 bits per heavy atom. The van der Waals surface area contributed by atoms with E-state index in [4.69, 9.17) is 27.9 Å². The molecule has 0 unspecified atom stereocenters. The number of rotatable bonds is 6. The number of benzene rings is 3. The summed E-state index contributed by atoms with van der Waals surface area (Å²) < 4.78 is 31.4. The lowest BCUT2D eigenvalue weighted by Gasteiger charge is -2.11. The minimum absolute atomic E-state index is 0.214. The minimum atomic E-state index is -4.37. The topological polar surface area (TPSA) is 104 Å². The number of carbonyl (C=O) groups is 1. The number of ether oxygens (including phenoxy) is 1. The summed E-state index contributed by atoms with van der Waals surface area (Å²) in [5.74, 6) is -0.918. The van der Waals surface area contributed by atoms with Crippen LogP contribution in [-0.2, 0) is 21.2 Å². The largest absolute Gasteiger partial charge is 0.457 e. The van der Waals surface area contributed by atoms with Crippen LogP contribution in [0, 0.1) is 10.1 Å². The van der Waals surface area contributed by atoms with Crippen molar-refractivity contribution in [2.45, 2.75) is 16.4 Å². The van der Waals surface area contributed by atoms with E-state index in [1.54, 1.807) is 12.1 Å². The van der Waals surface area contributed by atoms with Crippen LogP contribution >= 0.6 is 23.2 Å². The van der Waals surface area contributed by atoms with E-state index >= 15 is 0 Å². The average Bonchev–Trinajstić information content (AvgIpc) is 2.73. The minimum Gasteiger partial charge on any atom is -0.457 e. The number of nitro groups is 1. The Morgan fingerprint density at radius 2 is 1.60 bits per heavy atom. The van der Waals surface area contributed by atoms with E-state index in [1.807, 2.05) is 0 Å². The first kappa shape index (κ1) is 21.8. The van der Waals surface area contributed by atoms with Crippen LogP contribution in [0.2, 0.25) is 10.0 Å². The van der Waals surface area contributed by atoms with Gasteiger partial charge < -0.3 is 4.74 Å². The van der Waals surface area contributed by atoms with E-state index in [1.165, 1.54) is 42.5 Å². The maximum Gasteiger partial charge on any atom is 0.339 e. The Hall–Kier alpha value is -2.94. The normalized spacial score (nSPS) is 11.1. The van der Waals surface area contributed by atoms with Gasteiger partial charge in [-0.1, -0.05) is 53.5 Å². The third-order valence-electron chi connectivity index (χ3n) is 4.12. The summed E-state index contributed by atoms with van der Waals surface area (Å²) >= 11 is 11.9. The highest BCUT2D eigenvalue weighted by Gasteiger charge is 2.31. The molecule has 0 N–H and O–H groups in total. The molecule has 0 spiro atoms. The summed E-state index contributed by atoms with van der Waals surface area (Å²) in [6.45, 7) is -0.214. The maximum atomic E-state index is 13.1. The smallest absolute Gasteiger partial charge is 0.339 e. The van der Waals surface area contributed by atoms with Crippen LogP contribution < -0.4 is 0 Å². The number of carbonyl (C=O) groups excluding carboxylic acids is 1. The van der Waals surface area contributed by atoms with Gasteiger partial charge in [-0.3, -0.25) is 10.1 Å². The van der Waals surface area contributed by atoms with E-state index in [-0.39, 0.29) is 17.2 Å². The Balaban J connectivity index is 1.96. The molecule has 30 heavy (non-hydrogen) atoms. The maximum absolute atomic E-state index is 13.1. The molecule has 0 saturated heterocycles. The van der Waals surface area contributed by atoms with E-state index in [0.717, 1.165) is 12.1 Å². The second-order valence-corrected chi connectivity index (χ2v) is 8.77. The molecule has 0 heterocycles. The van der Waals surface area contributed by atoms with Gasteiger partial charge in [-0.2, -0.15) is 0 Å². The predicted molar refractivity (Wildman–Crippen MR) is 111 cm³/mol. The van der Waals surface area contributed by atoms with Gasteiger partial charge in [0.2, 0.25) is 9.84 Å². The number of esters is 1. The standard InChI is InChI=1S/C20H13Cl2NO6S/c21-14-10-9-13(16(22)11-14)12-29-20(24)15-5-1-3-7-18(15)30(27,28)19-8-4-2-6-17(19)23(25)26/h1-11H,12H2. The van der Waals surface area contributed by atoms with Crippen molar-refractivity contribution in [1.82, 2.24) is 0 Å². The molecule has 0 aliphatic carbocycles. The van der Waals surface area contributed by atoms with Crippen molar-refractivity contribution < 1.29 is 22.9 Å². The second kappa shape index (κ2) is 8.83. The Morgan fingerprint density at radius 3 is 2.27 bits per heavy atom. The molecule has 0 fully saturated rings. The SMILES string of the molecule is O=C(OCc1ccc(Cl)cc1Cl)c1ccccc1S(=O)(=O)c1ccccc1[N+](=O)[O-]. The fourth-order valence-electron chi connectivity index (χ4n) is 2.68. The predicted octanol–water partition coefficient (Wildman–Crippen LogP) is 5.09. The number of nitrogens with zero attached hydrogens (tertiary/aromatic N) is 1. The van der Waals surface area contributed by atoms with Gasteiger partial charge in [0.1, 0.15) is 11.5 Å². The molecule has 0 amide bonds. The van der Waals surface area contributed by atoms with E-state index in [9.17, 15) is 23.3 Å².